The predicted octanol–water partition coefficient (Wildman–Crippen LogP) is 2.70. The minimum absolute atomic E-state index is 0.00510. The van der Waals surface area contributed by atoms with Gasteiger partial charge in [-0.25, -0.2) is 0 Å². The van der Waals surface area contributed by atoms with Crippen molar-refractivity contribution in [1.82, 2.24) is 0 Å². The summed E-state index contributed by atoms with van der Waals surface area (Å²) < 4.78 is 17.5. The molecule has 0 bridgehead atoms. The third-order valence-electron chi connectivity index (χ3n) is 3.74. The molecule has 21 heavy (non-hydrogen) atoms. The smallest absolute Gasteiger partial charge is 0.161 e. The van der Waals surface area contributed by atoms with Gasteiger partial charge in [0.25, 0.3) is 0 Å². The van der Waals surface area contributed by atoms with Crippen molar-refractivity contribution in [2.24, 2.45) is 5.73 Å². The first-order chi connectivity index (χ1) is 9.64. The van der Waals surface area contributed by atoms with Crippen LogP contribution in [0.15, 0.2) is 18.2 Å². The molecule has 1 unspecified atom stereocenters. The van der Waals surface area contributed by atoms with Gasteiger partial charge in [0.1, 0.15) is 17.5 Å². The number of ether oxygens (including phenoxy) is 3. The molecule has 1 aromatic carbocycles. The van der Waals surface area contributed by atoms with Gasteiger partial charge in [-0.3, -0.25) is 5.41 Å². The number of nitrogen functional groups attached to an aromatic ring is 1. The van der Waals surface area contributed by atoms with Crippen molar-refractivity contribution < 1.29 is 14.2 Å². The number of hydrogen-bond donors (Lipinski definition) is 2. The number of nitrogens with one attached hydrogen (secondary N) is 1. The number of rotatable bonds is 4. The monoisotopic (exact) mass is 292 g/mol. The largest absolute Gasteiger partial charge is 0.493 e. The predicted molar refractivity (Wildman–Crippen MR) is 82.3 cm³/mol. The number of methoxy groups -OCH3 is 1. The molecule has 0 amide bonds. The van der Waals surface area contributed by atoms with Crippen LogP contribution in [0, 0.1) is 5.41 Å². The molecule has 0 saturated carbocycles. The Morgan fingerprint density at radius 1 is 1.29 bits per heavy atom. The molecule has 1 heterocycles. The molecule has 1 aliphatic heterocycles. The Hall–Kier alpha value is -1.75. The van der Waals surface area contributed by atoms with Crippen LogP contribution in [0.1, 0.15) is 39.7 Å². The molecule has 1 fully saturated rings. The Morgan fingerprint density at radius 2 is 1.95 bits per heavy atom. The number of benzene rings is 1. The summed E-state index contributed by atoms with van der Waals surface area (Å²) in [6.45, 7) is 8.19. The molecule has 0 radical (unpaired) electrons. The van der Waals surface area contributed by atoms with E-state index in [1.54, 1.807) is 25.3 Å². The van der Waals surface area contributed by atoms with E-state index in [1.165, 1.54) is 0 Å². The summed E-state index contributed by atoms with van der Waals surface area (Å²) in [6.07, 6.45) is 0.738. The Kier molecular flexibility index (Phi) is 3.89. The van der Waals surface area contributed by atoms with Crippen molar-refractivity contribution >= 4 is 5.84 Å². The lowest BCUT2D eigenvalue weighted by molar-refractivity contribution is -0.0847. The van der Waals surface area contributed by atoms with E-state index in [2.05, 4.69) is 13.8 Å². The van der Waals surface area contributed by atoms with Crippen molar-refractivity contribution in [3.05, 3.63) is 23.8 Å². The molecule has 116 valence electrons. The fourth-order valence-electron chi connectivity index (χ4n) is 2.78. The van der Waals surface area contributed by atoms with E-state index in [0.29, 0.717) is 17.1 Å². The molecule has 0 aromatic heterocycles. The van der Waals surface area contributed by atoms with E-state index >= 15 is 0 Å². The lowest BCUT2D eigenvalue weighted by atomic mass is 9.97. The second-order valence-corrected chi connectivity index (χ2v) is 6.56. The molecule has 1 aliphatic rings. The fraction of sp³-hybridized carbons (Fsp3) is 0.562. The van der Waals surface area contributed by atoms with Gasteiger partial charge >= 0.3 is 0 Å². The van der Waals surface area contributed by atoms with Crippen LogP contribution in [-0.2, 0) is 4.74 Å². The Bertz CT molecular complexity index is 552. The van der Waals surface area contributed by atoms with Gasteiger partial charge in [0, 0.05) is 12.0 Å². The number of nitrogens with two attached hydrogens (primary N) is 1. The molecule has 2 rings (SSSR count). The molecular weight excluding hydrogens is 268 g/mol. The van der Waals surface area contributed by atoms with Crippen molar-refractivity contribution in [3.8, 4) is 11.5 Å². The van der Waals surface area contributed by atoms with Crippen LogP contribution in [0.5, 0.6) is 11.5 Å². The number of hydrogen-bond acceptors (Lipinski definition) is 4. The van der Waals surface area contributed by atoms with Gasteiger partial charge in [0.05, 0.1) is 12.7 Å². The van der Waals surface area contributed by atoms with Crippen LogP contribution >= 0.6 is 0 Å². The summed E-state index contributed by atoms with van der Waals surface area (Å²) in [6, 6.07) is 5.26. The normalized spacial score (nSPS) is 22.8. The maximum absolute atomic E-state index is 7.48. The SMILES string of the molecule is COc1cc(C(=N)N)ccc1OC1CC(C)(C)OC1(C)C. The van der Waals surface area contributed by atoms with Crippen LogP contribution in [-0.4, -0.2) is 30.3 Å². The van der Waals surface area contributed by atoms with Gasteiger partial charge in [-0.2, -0.15) is 0 Å². The average molecular weight is 292 g/mol. The average Bonchev–Trinajstić information content (AvgIpc) is 2.57. The van der Waals surface area contributed by atoms with E-state index in [9.17, 15) is 0 Å². The van der Waals surface area contributed by atoms with E-state index in [4.69, 9.17) is 25.4 Å². The number of amidine groups is 1. The minimum atomic E-state index is -0.367. The summed E-state index contributed by atoms with van der Waals surface area (Å²) in [7, 11) is 1.58. The van der Waals surface area contributed by atoms with Crippen LogP contribution in [0.2, 0.25) is 0 Å². The second kappa shape index (κ2) is 5.22. The van der Waals surface area contributed by atoms with E-state index < -0.39 is 0 Å². The van der Waals surface area contributed by atoms with Gasteiger partial charge < -0.3 is 19.9 Å². The molecule has 1 saturated heterocycles. The van der Waals surface area contributed by atoms with Gasteiger partial charge in [0.2, 0.25) is 0 Å². The van der Waals surface area contributed by atoms with Crippen molar-refractivity contribution in [2.75, 3.05) is 7.11 Å². The molecule has 5 nitrogen and oxygen atoms in total. The topological polar surface area (TPSA) is 77.6 Å². The van der Waals surface area contributed by atoms with E-state index in [0.717, 1.165) is 6.42 Å². The first-order valence-corrected chi connectivity index (χ1v) is 7.04. The molecular formula is C16H24N2O3. The van der Waals surface area contributed by atoms with Crippen LogP contribution in [0.25, 0.3) is 0 Å². The summed E-state index contributed by atoms with van der Waals surface area (Å²) in [5.74, 6) is 1.22. The Balaban J connectivity index is 2.25. The summed E-state index contributed by atoms with van der Waals surface area (Å²) >= 11 is 0. The molecule has 0 spiro atoms. The van der Waals surface area contributed by atoms with Crippen LogP contribution in [0.3, 0.4) is 0 Å². The molecule has 3 N–H and O–H groups in total. The van der Waals surface area contributed by atoms with Gasteiger partial charge in [-0.05, 0) is 45.9 Å². The molecule has 5 heteroatoms. The maximum Gasteiger partial charge on any atom is 0.161 e. The molecule has 0 aliphatic carbocycles. The molecule has 1 aromatic rings. The Morgan fingerprint density at radius 3 is 2.43 bits per heavy atom. The third kappa shape index (κ3) is 3.29. The van der Waals surface area contributed by atoms with Crippen LogP contribution in [0.4, 0.5) is 0 Å². The van der Waals surface area contributed by atoms with Gasteiger partial charge in [-0.15, -0.1) is 0 Å². The Labute approximate surface area is 125 Å². The maximum atomic E-state index is 7.48. The highest BCUT2D eigenvalue weighted by atomic mass is 16.6. The summed E-state index contributed by atoms with van der Waals surface area (Å²) in [4.78, 5) is 0. The molecule has 1 atom stereocenters. The van der Waals surface area contributed by atoms with E-state index in [1.807, 2.05) is 13.8 Å². The van der Waals surface area contributed by atoms with Gasteiger partial charge in [-0.1, -0.05) is 0 Å². The fourth-order valence-corrected chi connectivity index (χ4v) is 2.78. The van der Waals surface area contributed by atoms with E-state index in [-0.39, 0.29) is 23.1 Å². The summed E-state index contributed by atoms with van der Waals surface area (Å²) in [5.41, 5.74) is 5.53. The third-order valence-corrected chi connectivity index (χ3v) is 3.74. The minimum Gasteiger partial charge on any atom is -0.493 e. The van der Waals surface area contributed by atoms with Gasteiger partial charge in [0.15, 0.2) is 11.5 Å². The second-order valence-electron chi connectivity index (χ2n) is 6.56. The first kappa shape index (κ1) is 15.6. The zero-order valence-corrected chi connectivity index (χ0v) is 13.3. The highest BCUT2D eigenvalue weighted by Crippen LogP contribution is 2.41. The zero-order valence-electron chi connectivity index (χ0n) is 13.3. The lowest BCUT2D eigenvalue weighted by Gasteiger charge is -2.28. The standard InChI is InChI=1S/C16H24N2O3/c1-15(2)9-13(16(3,4)21-15)20-11-7-6-10(14(17)18)8-12(11)19-5/h6-8,13H,9H2,1-5H3,(H3,17,18). The van der Waals surface area contributed by atoms with Crippen LogP contribution < -0.4 is 15.2 Å². The highest BCUT2D eigenvalue weighted by Gasteiger charge is 2.47. The van der Waals surface area contributed by atoms with Crippen molar-refractivity contribution in [1.29, 1.82) is 5.41 Å². The lowest BCUT2D eigenvalue weighted by Crippen LogP contribution is -2.36. The first-order valence-electron chi connectivity index (χ1n) is 7.04. The van der Waals surface area contributed by atoms with Crippen molar-refractivity contribution in [3.63, 3.8) is 0 Å². The zero-order chi connectivity index (χ0) is 15.8. The quantitative estimate of drug-likeness (QED) is 0.660. The highest BCUT2D eigenvalue weighted by molar-refractivity contribution is 5.95. The summed E-state index contributed by atoms with van der Waals surface area (Å²) in [5, 5.41) is 7.48. The van der Waals surface area contributed by atoms with Crippen molar-refractivity contribution in [2.45, 2.75) is 51.4 Å².